The van der Waals surface area contributed by atoms with Crippen LogP contribution in [0.2, 0.25) is 5.02 Å². The average molecular weight is 286 g/mol. The Hall–Kier alpha value is -1.77. The molecule has 20 heavy (non-hydrogen) atoms. The maximum absolute atomic E-state index is 6.31. The number of aryl methyl sites for hydroxylation is 2. The first-order valence-electron chi connectivity index (χ1n) is 6.57. The lowest BCUT2D eigenvalue weighted by atomic mass is 10.00. The molecule has 0 bridgehead atoms. The Balaban J connectivity index is 2.05. The zero-order valence-electron chi connectivity index (χ0n) is 11.5. The van der Waals surface area contributed by atoms with Crippen molar-refractivity contribution in [1.82, 2.24) is 0 Å². The van der Waals surface area contributed by atoms with Gasteiger partial charge in [0.1, 0.15) is 11.3 Å². The highest BCUT2D eigenvalue weighted by atomic mass is 35.5. The Kier molecular flexibility index (Phi) is 3.28. The van der Waals surface area contributed by atoms with Gasteiger partial charge in [0.15, 0.2) is 0 Å². The van der Waals surface area contributed by atoms with E-state index in [0.29, 0.717) is 5.02 Å². The van der Waals surface area contributed by atoms with E-state index in [0.717, 1.165) is 22.3 Å². The Morgan fingerprint density at radius 3 is 2.55 bits per heavy atom. The number of halogens is 1. The third-order valence-corrected chi connectivity index (χ3v) is 4.05. The molecule has 0 aliphatic rings. The minimum absolute atomic E-state index is 0.280. The SMILES string of the molecule is Cc1ccc(C(N)c2cc3c(Cl)cccc3o2)cc1C. The van der Waals surface area contributed by atoms with E-state index in [2.05, 4.69) is 26.0 Å². The van der Waals surface area contributed by atoms with E-state index in [1.165, 1.54) is 11.1 Å². The van der Waals surface area contributed by atoms with E-state index >= 15 is 0 Å². The van der Waals surface area contributed by atoms with Crippen LogP contribution in [-0.2, 0) is 0 Å². The molecule has 0 spiro atoms. The van der Waals surface area contributed by atoms with Crippen LogP contribution in [0.15, 0.2) is 46.9 Å². The van der Waals surface area contributed by atoms with Gasteiger partial charge in [0.2, 0.25) is 0 Å². The van der Waals surface area contributed by atoms with Crippen LogP contribution in [0.4, 0.5) is 0 Å². The molecule has 1 unspecified atom stereocenters. The zero-order valence-corrected chi connectivity index (χ0v) is 12.2. The molecule has 3 heteroatoms. The van der Waals surface area contributed by atoms with Gasteiger partial charge in [-0.15, -0.1) is 0 Å². The van der Waals surface area contributed by atoms with Gasteiger partial charge in [-0.05, 0) is 48.7 Å². The van der Waals surface area contributed by atoms with Crippen molar-refractivity contribution < 1.29 is 4.42 Å². The number of nitrogens with two attached hydrogens (primary N) is 1. The summed E-state index contributed by atoms with van der Waals surface area (Å²) in [5.41, 5.74) is 10.6. The second-order valence-corrected chi connectivity index (χ2v) is 5.53. The smallest absolute Gasteiger partial charge is 0.135 e. The molecule has 2 N–H and O–H groups in total. The summed E-state index contributed by atoms with van der Waals surface area (Å²) < 4.78 is 5.83. The molecule has 3 rings (SSSR count). The molecule has 0 saturated carbocycles. The average Bonchev–Trinajstić information content (AvgIpc) is 2.86. The summed E-state index contributed by atoms with van der Waals surface area (Å²) in [6, 6.07) is 13.5. The van der Waals surface area contributed by atoms with Crippen LogP contribution in [0.3, 0.4) is 0 Å². The minimum atomic E-state index is -0.280. The predicted molar refractivity (Wildman–Crippen MR) is 83.2 cm³/mol. The minimum Gasteiger partial charge on any atom is -0.459 e. The Morgan fingerprint density at radius 2 is 1.85 bits per heavy atom. The fraction of sp³-hybridized carbons (Fsp3) is 0.176. The summed E-state index contributed by atoms with van der Waals surface area (Å²) in [6.07, 6.45) is 0. The highest BCUT2D eigenvalue weighted by Crippen LogP contribution is 2.31. The quantitative estimate of drug-likeness (QED) is 0.738. The molecule has 102 valence electrons. The number of fused-ring (bicyclic) bond motifs is 1. The lowest BCUT2D eigenvalue weighted by Gasteiger charge is -2.11. The number of hydrogen-bond acceptors (Lipinski definition) is 2. The van der Waals surface area contributed by atoms with Gasteiger partial charge in [-0.1, -0.05) is 35.9 Å². The van der Waals surface area contributed by atoms with E-state index in [1.54, 1.807) is 0 Å². The Bertz CT molecular complexity index is 776. The van der Waals surface area contributed by atoms with E-state index in [4.69, 9.17) is 21.8 Å². The van der Waals surface area contributed by atoms with Gasteiger partial charge >= 0.3 is 0 Å². The van der Waals surface area contributed by atoms with E-state index in [-0.39, 0.29) is 6.04 Å². The summed E-state index contributed by atoms with van der Waals surface area (Å²) in [4.78, 5) is 0. The Morgan fingerprint density at radius 1 is 1.05 bits per heavy atom. The third-order valence-electron chi connectivity index (χ3n) is 3.72. The summed E-state index contributed by atoms with van der Waals surface area (Å²) in [5, 5.41) is 1.59. The standard InChI is InChI=1S/C17H16ClNO/c1-10-6-7-12(8-11(10)2)17(19)16-9-13-14(18)4-3-5-15(13)20-16/h3-9,17H,19H2,1-2H3. The molecule has 0 fully saturated rings. The van der Waals surface area contributed by atoms with E-state index in [1.807, 2.05) is 30.3 Å². The molecule has 0 aliphatic carbocycles. The first-order valence-corrected chi connectivity index (χ1v) is 6.95. The van der Waals surface area contributed by atoms with Gasteiger partial charge in [0.25, 0.3) is 0 Å². The number of furan rings is 1. The van der Waals surface area contributed by atoms with Gasteiger partial charge in [-0.25, -0.2) is 0 Å². The second-order valence-electron chi connectivity index (χ2n) is 5.12. The molecular weight excluding hydrogens is 270 g/mol. The van der Waals surface area contributed by atoms with Crippen LogP contribution in [0.1, 0.15) is 28.5 Å². The molecule has 2 aromatic carbocycles. The van der Waals surface area contributed by atoms with Crippen LogP contribution in [0.5, 0.6) is 0 Å². The monoisotopic (exact) mass is 285 g/mol. The molecule has 1 atom stereocenters. The number of rotatable bonds is 2. The second kappa shape index (κ2) is 4.97. The van der Waals surface area contributed by atoms with Crippen molar-refractivity contribution >= 4 is 22.6 Å². The topological polar surface area (TPSA) is 39.2 Å². The van der Waals surface area contributed by atoms with Crippen molar-refractivity contribution in [3.8, 4) is 0 Å². The first-order chi connectivity index (χ1) is 9.56. The van der Waals surface area contributed by atoms with Crippen molar-refractivity contribution in [3.05, 3.63) is 69.9 Å². The lowest BCUT2D eigenvalue weighted by Crippen LogP contribution is -2.11. The van der Waals surface area contributed by atoms with Crippen molar-refractivity contribution in [2.45, 2.75) is 19.9 Å². The summed E-state index contributed by atoms with van der Waals surface area (Å²) in [7, 11) is 0. The van der Waals surface area contributed by atoms with Crippen LogP contribution >= 0.6 is 11.6 Å². The normalized spacial score (nSPS) is 12.8. The summed E-state index contributed by atoms with van der Waals surface area (Å²) in [5.74, 6) is 0.733. The molecule has 0 saturated heterocycles. The van der Waals surface area contributed by atoms with Crippen LogP contribution in [0.25, 0.3) is 11.0 Å². The van der Waals surface area contributed by atoms with E-state index < -0.39 is 0 Å². The molecule has 0 amide bonds. The van der Waals surface area contributed by atoms with Gasteiger partial charge in [-0.2, -0.15) is 0 Å². The Labute approximate surface area is 123 Å². The summed E-state index contributed by atoms with van der Waals surface area (Å²) >= 11 is 6.17. The maximum Gasteiger partial charge on any atom is 0.135 e. The van der Waals surface area contributed by atoms with Gasteiger partial charge in [0, 0.05) is 5.39 Å². The van der Waals surface area contributed by atoms with Gasteiger partial charge in [0.05, 0.1) is 11.1 Å². The molecule has 0 radical (unpaired) electrons. The lowest BCUT2D eigenvalue weighted by molar-refractivity contribution is 0.525. The number of hydrogen-bond donors (Lipinski definition) is 1. The highest BCUT2D eigenvalue weighted by Gasteiger charge is 2.15. The van der Waals surface area contributed by atoms with Gasteiger partial charge < -0.3 is 10.2 Å². The number of benzene rings is 2. The van der Waals surface area contributed by atoms with Crippen molar-refractivity contribution in [2.75, 3.05) is 0 Å². The molecule has 0 aliphatic heterocycles. The van der Waals surface area contributed by atoms with Crippen molar-refractivity contribution in [2.24, 2.45) is 5.73 Å². The first kappa shape index (κ1) is 13.2. The molecule has 1 aromatic heterocycles. The summed E-state index contributed by atoms with van der Waals surface area (Å²) in [6.45, 7) is 4.17. The van der Waals surface area contributed by atoms with Crippen LogP contribution < -0.4 is 5.73 Å². The largest absolute Gasteiger partial charge is 0.459 e. The maximum atomic E-state index is 6.31. The van der Waals surface area contributed by atoms with Crippen LogP contribution in [0, 0.1) is 13.8 Å². The van der Waals surface area contributed by atoms with Crippen molar-refractivity contribution in [1.29, 1.82) is 0 Å². The van der Waals surface area contributed by atoms with Crippen LogP contribution in [-0.4, -0.2) is 0 Å². The zero-order chi connectivity index (χ0) is 14.3. The van der Waals surface area contributed by atoms with E-state index in [9.17, 15) is 0 Å². The molecule has 1 heterocycles. The molecule has 3 aromatic rings. The predicted octanol–water partition coefficient (Wildman–Crippen LogP) is 4.75. The molecular formula is C17H16ClNO. The highest BCUT2D eigenvalue weighted by molar-refractivity contribution is 6.35. The fourth-order valence-electron chi connectivity index (χ4n) is 2.32. The molecule has 2 nitrogen and oxygen atoms in total. The van der Waals surface area contributed by atoms with Crippen molar-refractivity contribution in [3.63, 3.8) is 0 Å². The van der Waals surface area contributed by atoms with Gasteiger partial charge in [-0.3, -0.25) is 0 Å². The third kappa shape index (κ3) is 2.21. The fourth-order valence-corrected chi connectivity index (χ4v) is 2.54.